The van der Waals surface area contributed by atoms with Crippen molar-refractivity contribution in [3.8, 4) is 0 Å². The minimum Gasteiger partial charge on any atom is -0.251 e. The quantitative estimate of drug-likeness (QED) is 0.482. The van der Waals surface area contributed by atoms with Crippen molar-refractivity contribution in [3.63, 3.8) is 0 Å². The van der Waals surface area contributed by atoms with E-state index in [-0.39, 0.29) is 0 Å². The van der Waals surface area contributed by atoms with Crippen molar-refractivity contribution < 1.29 is 0 Å². The Morgan fingerprint density at radius 1 is 1.78 bits per heavy atom. The fourth-order valence-corrected chi connectivity index (χ4v) is 1.02. The van der Waals surface area contributed by atoms with Crippen molar-refractivity contribution in [2.45, 2.75) is 19.4 Å². The van der Waals surface area contributed by atoms with Crippen LogP contribution >= 0.6 is 0 Å². The fourth-order valence-electron chi connectivity index (χ4n) is 1.02. The van der Waals surface area contributed by atoms with Crippen molar-refractivity contribution in [2.75, 3.05) is 13.6 Å². The standard InChI is InChI=1S/C7H14N2/c1-6-4-7(2)9(3)8-5-6/h7-8H,1,4-5H2,2-3H3. The molecule has 0 bridgehead atoms. The SMILES string of the molecule is C=C1CNN(C)C(C)C1. The number of hydrogen-bond donors (Lipinski definition) is 1. The summed E-state index contributed by atoms with van der Waals surface area (Å²) in [6, 6.07) is 0.603. The highest BCUT2D eigenvalue weighted by Crippen LogP contribution is 2.10. The van der Waals surface area contributed by atoms with Gasteiger partial charge in [-0.3, -0.25) is 5.43 Å². The molecule has 0 amide bonds. The van der Waals surface area contributed by atoms with E-state index >= 15 is 0 Å². The van der Waals surface area contributed by atoms with Gasteiger partial charge in [0.2, 0.25) is 0 Å². The molecule has 1 N–H and O–H groups in total. The molecule has 0 aromatic rings. The van der Waals surface area contributed by atoms with E-state index in [9.17, 15) is 0 Å². The van der Waals surface area contributed by atoms with Crippen LogP contribution in [0, 0.1) is 0 Å². The Morgan fingerprint density at radius 3 is 2.89 bits per heavy atom. The predicted octanol–water partition coefficient (Wildman–Crippen LogP) is 0.771. The third-order valence-corrected chi connectivity index (χ3v) is 1.82. The topological polar surface area (TPSA) is 15.3 Å². The van der Waals surface area contributed by atoms with Gasteiger partial charge in [-0.2, -0.15) is 0 Å². The van der Waals surface area contributed by atoms with Gasteiger partial charge in [-0.1, -0.05) is 12.2 Å². The molecule has 0 spiro atoms. The Balaban J connectivity index is 2.44. The fraction of sp³-hybridized carbons (Fsp3) is 0.714. The van der Waals surface area contributed by atoms with Crippen LogP contribution in [0.3, 0.4) is 0 Å². The Morgan fingerprint density at radius 2 is 2.44 bits per heavy atom. The summed E-state index contributed by atoms with van der Waals surface area (Å²) in [6.07, 6.45) is 1.13. The zero-order chi connectivity index (χ0) is 6.85. The van der Waals surface area contributed by atoms with Gasteiger partial charge in [0.1, 0.15) is 0 Å². The second-order valence-electron chi connectivity index (χ2n) is 2.75. The summed E-state index contributed by atoms with van der Waals surface area (Å²) in [7, 11) is 2.07. The Labute approximate surface area is 56.5 Å². The van der Waals surface area contributed by atoms with Crippen LogP contribution in [0.2, 0.25) is 0 Å². The first-order chi connectivity index (χ1) is 4.20. The van der Waals surface area contributed by atoms with E-state index in [1.807, 2.05) is 0 Å². The highest BCUT2D eigenvalue weighted by atomic mass is 15.5. The van der Waals surface area contributed by atoms with Gasteiger partial charge in [-0.15, -0.1) is 0 Å². The lowest BCUT2D eigenvalue weighted by Gasteiger charge is -2.31. The second-order valence-corrected chi connectivity index (χ2v) is 2.75. The van der Waals surface area contributed by atoms with Crippen molar-refractivity contribution in [1.29, 1.82) is 0 Å². The Hall–Kier alpha value is -0.340. The van der Waals surface area contributed by atoms with Gasteiger partial charge in [-0.25, -0.2) is 5.01 Å². The van der Waals surface area contributed by atoms with Gasteiger partial charge < -0.3 is 0 Å². The van der Waals surface area contributed by atoms with E-state index in [1.165, 1.54) is 5.57 Å². The van der Waals surface area contributed by atoms with Crippen LogP contribution < -0.4 is 5.43 Å². The van der Waals surface area contributed by atoms with Gasteiger partial charge in [-0.05, 0) is 13.3 Å². The lowest BCUT2D eigenvalue weighted by Crippen LogP contribution is -2.46. The molecule has 0 saturated carbocycles. The van der Waals surface area contributed by atoms with E-state index in [0.29, 0.717) is 6.04 Å². The normalized spacial score (nSPS) is 30.9. The zero-order valence-corrected chi connectivity index (χ0v) is 6.15. The first kappa shape index (κ1) is 6.78. The molecule has 2 heteroatoms. The maximum atomic E-state index is 3.91. The molecule has 1 saturated heterocycles. The van der Waals surface area contributed by atoms with Gasteiger partial charge in [0.25, 0.3) is 0 Å². The molecule has 9 heavy (non-hydrogen) atoms. The summed E-state index contributed by atoms with van der Waals surface area (Å²) >= 11 is 0. The van der Waals surface area contributed by atoms with Crippen LogP contribution in [0.4, 0.5) is 0 Å². The van der Waals surface area contributed by atoms with E-state index in [0.717, 1.165) is 13.0 Å². The molecule has 2 nitrogen and oxygen atoms in total. The number of hydrazine groups is 1. The maximum absolute atomic E-state index is 3.91. The van der Waals surface area contributed by atoms with Crippen LogP contribution in [0.15, 0.2) is 12.2 Å². The van der Waals surface area contributed by atoms with Gasteiger partial charge in [0.15, 0.2) is 0 Å². The Bertz CT molecular complexity index is 120. The number of nitrogens with one attached hydrogen (secondary N) is 1. The van der Waals surface area contributed by atoms with Crippen LogP contribution in [0.25, 0.3) is 0 Å². The van der Waals surface area contributed by atoms with Crippen molar-refractivity contribution in [2.24, 2.45) is 0 Å². The summed E-state index contributed by atoms with van der Waals surface area (Å²) in [5, 5.41) is 2.13. The molecular formula is C7H14N2. The number of hydrogen-bond acceptors (Lipinski definition) is 2. The molecule has 1 unspecified atom stereocenters. The molecule has 1 heterocycles. The average Bonchev–Trinajstić information content (AvgIpc) is 1.80. The smallest absolute Gasteiger partial charge is 0.0310 e. The average molecular weight is 126 g/mol. The third kappa shape index (κ3) is 1.53. The lowest BCUT2D eigenvalue weighted by atomic mass is 10.1. The second kappa shape index (κ2) is 2.50. The molecule has 0 radical (unpaired) electrons. The summed E-state index contributed by atoms with van der Waals surface area (Å²) in [4.78, 5) is 0. The largest absolute Gasteiger partial charge is 0.251 e. The molecule has 1 atom stereocenters. The molecule has 1 aliphatic rings. The summed E-state index contributed by atoms with van der Waals surface area (Å²) < 4.78 is 0. The molecule has 1 aliphatic heterocycles. The first-order valence-electron chi connectivity index (χ1n) is 3.33. The van der Waals surface area contributed by atoms with Crippen molar-refractivity contribution >= 4 is 0 Å². The Kier molecular flexibility index (Phi) is 1.88. The molecule has 1 fully saturated rings. The van der Waals surface area contributed by atoms with E-state index in [1.54, 1.807) is 0 Å². The monoisotopic (exact) mass is 126 g/mol. The van der Waals surface area contributed by atoms with Crippen LogP contribution in [-0.2, 0) is 0 Å². The van der Waals surface area contributed by atoms with E-state index < -0.39 is 0 Å². The van der Waals surface area contributed by atoms with Gasteiger partial charge in [0.05, 0.1) is 0 Å². The summed E-state index contributed by atoms with van der Waals surface area (Å²) in [5.74, 6) is 0. The highest BCUT2D eigenvalue weighted by molar-refractivity contribution is 5.01. The van der Waals surface area contributed by atoms with Crippen molar-refractivity contribution in [3.05, 3.63) is 12.2 Å². The molecule has 0 aromatic heterocycles. The highest BCUT2D eigenvalue weighted by Gasteiger charge is 2.14. The summed E-state index contributed by atoms with van der Waals surface area (Å²) in [5.41, 5.74) is 4.52. The van der Waals surface area contributed by atoms with Crippen LogP contribution in [-0.4, -0.2) is 24.6 Å². The molecule has 0 aromatic carbocycles. The first-order valence-corrected chi connectivity index (χ1v) is 3.33. The number of rotatable bonds is 0. The van der Waals surface area contributed by atoms with Gasteiger partial charge >= 0.3 is 0 Å². The molecule has 1 rings (SSSR count). The predicted molar refractivity (Wildman–Crippen MR) is 39.0 cm³/mol. The summed E-state index contributed by atoms with van der Waals surface area (Å²) in [6.45, 7) is 7.05. The lowest BCUT2D eigenvalue weighted by molar-refractivity contribution is 0.157. The minimum absolute atomic E-state index is 0.603. The molecule has 0 aliphatic carbocycles. The van der Waals surface area contributed by atoms with Crippen molar-refractivity contribution in [1.82, 2.24) is 10.4 Å². The number of nitrogens with zero attached hydrogens (tertiary/aromatic N) is 1. The van der Waals surface area contributed by atoms with E-state index in [2.05, 4.69) is 31.0 Å². The minimum atomic E-state index is 0.603. The molecule has 52 valence electrons. The van der Waals surface area contributed by atoms with Crippen LogP contribution in [0.1, 0.15) is 13.3 Å². The van der Waals surface area contributed by atoms with Gasteiger partial charge in [0, 0.05) is 19.6 Å². The zero-order valence-electron chi connectivity index (χ0n) is 6.15. The van der Waals surface area contributed by atoms with E-state index in [4.69, 9.17) is 0 Å². The van der Waals surface area contributed by atoms with Crippen LogP contribution in [0.5, 0.6) is 0 Å². The third-order valence-electron chi connectivity index (χ3n) is 1.82. The molecular weight excluding hydrogens is 112 g/mol. The maximum Gasteiger partial charge on any atom is 0.0310 e.